The molecule has 158 valence electrons. The van der Waals surface area contributed by atoms with Gasteiger partial charge in [-0.1, -0.05) is 75.2 Å². The Hall–Kier alpha value is -3.40. The Labute approximate surface area is 183 Å². The smallest absolute Gasteiger partial charge is 0.419 e. The van der Waals surface area contributed by atoms with Gasteiger partial charge in [-0.15, -0.1) is 0 Å². The van der Waals surface area contributed by atoms with Crippen LogP contribution in [0, 0.1) is 0 Å². The predicted octanol–water partition coefficient (Wildman–Crippen LogP) is 6.89. The monoisotopic (exact) mass is 412 g/mol. The van der Waals surface area contributed by atoms with Crippen LogP contribution >= 0.6 is 0 Å². The number of methoxy groups -OCH3 is 1. The van der Waals surface area contributed by atoms with Crippen LogP contribution in [0.1, 0.15) is 37.8 Å². The van der Waals surface area contributed by atoms with Crippen molar-refractivity contribution >= 4 is 17.1 Å². The number of hydrogen-bond acceptors (Lipinski definition) is 3. The van der Waals surface area contributed by atoms with Crippen molar-refractivity contribution in [1.82, 2.24) is 9.55 Å². The van der Waals surface area contributed by atoms with Gasteiger partial charge in [0.15, 0.2) is 0 Å². The van der Waals surface area contributed by atoms with Crippen LogP contribution in [-0.4, -0.2) is 22.8 Å². The number of imidazole rings is 1. The lowest BCUT2D eigenvalue weighted by atomic mass is 9.92. The largest absolute Gasteiger partial charge is 0.452 e. The Bertz CT molecular complexity index is 1190. The molecule has 0 spiro atoms. The van der Waals surface area contributed by atoms with Crippen molar-refractivity contribution in [2.45, 2.75) is 39.5 Å². The molecule has 0 radical (unpaired) electrons. The standard InChI is InChI=1S/C27H28N2O2/c1-4-6-19-8-12-21(13-9-19)23-16-25-26(29(18-28-25)27(30)31-3)17-24(23)22-14-10-20(7-5-2)11-15-22/h8-18H,4-7H2,1-3H3. The minimum atomic E-state index is -0.441. The van der Waals surface area contributed by atoms with E-state index in [1.165, 1.54) is 29.1 Å². The zero-order valence-corrected chi connectivity index (χ0v) is 18.4. The second kappa shape index (κ2) is 9.17. The second-order valence-electron chi connectivity index (χ2n) is 7.86. The highest BCUT2D eigenvalue weighted by Crippen LogP contribution is 2.36. The molecule has 1 aromatic heterocycles. The highest BCUT2D eigenvalue weighted by atomic mass is 16.5. The van der Waals surface area contributed by atoms with E-state index in [1.54, 1.807) is 0 Å². The first-order valence-electron chi connectivity index (χ1n) is 10.9. The summed E-state index contributed by atoms with van der Waals surface area (Å²) in [6, 6.07) is 21.6. The molecule has 4 rings (SSSR count). The van der Waals surface area contributed by atoms with E-state index in [4.69, 9.17) is 4.74 Å². The van der Waals surface area contributed by atoms with Gasteiger partial charge in [-0.3, -0.25) is 0 Å². The van der Waals surface area contributed by atoms with E-state index in [0.29, 0.717) is 0 Å². The van der Waals surface area contributed by atoms with E-state index in [2.05, 4.69) is 73.4 Å². The number of fused-ring (bicyclic) bond motifs is 1. The molecule has 3 aromatic carbocycles. The highest BCUT2D eigenvalue weighted by molar-refractivity contribution is 5.96. The van der Waals surface area contributed by atoms with Crippen molar-refractivity contribution < 1.29 is 9.53 Å². The van der Waals surface area contributed by atoms with E-state index in [1.807, 2.05) is 6.07 Å². The third-order valence-electron chi connectivity index (χ3n) is 5.67. The van der Waals surface area contributed by atoms with Gasteiger partial charge in [0.1, 0.15) is 6.33 Å². The van der Waals surface area contributed by atoms with Crippen molar-refractivity contribution in [2.24, 2.45) is 0 Å². The SMILES string of the molecule is CCCc1ccc(-c2cc3ncn(C(=O)OC)c3cc2-c2ccc(CCC)cc2)cc1. The van der Waals surface area contributed by atoms with Gasteiger partial charge in [-0.25, -0.2) is 14.3 Å². The Balaban J connectivity index is 1.88. The summed E-state index contributed by atoms with van der Waals surface area (Å²) in [5.74, 6) is 0. The summed E-state index contributed by atoms with van der Waals surface area (Å²) in [6.45, 7) is 4.38. The average Bonchev–Trinajstić information content (AvgIpc) is 3.22. The Morgan fingerprint density at radius 3 is 1.84 bits per heavy atom. The van der Waals surface area contributed by atoms with Gasteiger partial charge in [-0.05, 0) is 58.4 Å². The van der Waals surface area contributed by atoms with Crippen LogP contribution in [0.3, 0.4) is 0 Å². The maximum Gasteiger partial charge on any atom is 0.419 e. The molecule has 4 aromatic rings. The zero-order chi connectivity index (χ0) is 21.8. The summed E-state index contributed by atoms with van der Waals surface area (Å²) in [6.07, 6.45) is 5.49. The van der Waals surface area contributed by atoms with Crippen molar-refractivity contribution in [3.8, 4) is 22.3 Å². The van der Waals surface area contributed by atoms with Crippen molar-refractivity contribution in [2.75, 3.05) is 7.11 Å². The number of aryl methyl sites for hydroxylation is 2. The maximum atomic E-state index is 12.2. The molecule has 0 aliphatic carbocycles. The molecule has 0 N–H and O–H groups in total. The molecule has 0 fully saturated rings. The van der Waals surface area contributed by atoms with Crippen LogP contribution in [-0.2, 0) is 17.6 Å². The fraction of sp³-hybridized carbons (Fsp3) is 0.259. The number of carbonyl (C=O) groups excluding carboxylic acids is 1. The van der Waals surface area contributed by atoms with Crippen LogP contribution in [0.5, 0.6) is 0 Å². The zero-order valence-electron chi connectivity index (χ0n) is 18.4. The number of aromatic nitrogens is 2. The Morgan fingerprint density at radius 2 is 1.35 bits per heavy atom. The first-order valence-corrected chi connectivity index (χ1v) is 10.9. The fourth-order valence-electron chi connectivity index (χ4n) is 4.06. The third-order valence-corrected chi connectivity index (χ3v) is 5.67. The average molecular weight is 413 g/mol. The number of carbonyl (C=O) groups is 1. The first kappa shape index (κ1) is 20.9. The molecule has 31 heavy (non-hydrogen) atoms. The summed E-state index contributed by atoms with van der Waals surface area (Å²) in [5.41, 5.74) is 8.62. The fourth-order valence-corrected chi connectivity index (χ4v) is 4.06. The summed E-state index contributed by atoms with van der Waals surface area (Å²) in [5, 5.41) is 0. The van der Waals surface area contributed by atoms with Gasteiger partial charge < -0.3 is 4.74 Å². The third kappa shape index (κ3) is 4.24. The number of rotatable bonds is 6. The lowest BCUT2D eigenvalue weighted by Gasteiger charge is -2.13. The predicted molar refractivity (Wildman–Crippen MR) is 126 cm³/mol. The molecule has 0 saturated carbocycles. The topological polar surface area (TPSA) is 44.1 Å². The normalized spacial score (nSPS) is 11.1. The van der Waals surface area contributed by atoms with Crippen LogP contribution in [0.25, 0.3) is 33.3 Å². The van der Waals surface area contributed by atoms with Gasteiger partial charge in [0, 0.05) is 0 Å². The number of ether oxygens (including phenoxy) is 1. The van der Waals surface area contributed by atoms with E-state index < -0.39 is 6.09 Å². The summed E-state index contributed by atoms with van der Waals surface area (Å²) < 4.78 is 6.38. The number of nitrogens with zero attached hydrogens (tertiary/aromatic N) is 2. The minimum Gasteiger partial charge on any atom is -0.452 e. The molecule has 0 aliphatic rings. The van der Waals surface area contributed by atoms with Gasteiger partial charge >= 0.3 is 6.09 Å². The van der Waals surface area contributed by atoms with Crippen molar-refractivity contribution in [3.63, 3.8) is 0 Å². The van der Waals surface area contributed by atoms with Crippen LogP contribution < -0.4 is 0 Å². The molecule has 0 aliphatic heterocycles. The summed E-state index contributed by atoms with van der Waals surface area (Å²) in [4.78, 5) is 16.7. The van der Waals surface area contributed by atoms with E-state index >= 15 is 0 Å². The second-order valence-corrected chi connectivity index (χ2v) is 7.86. The van der Waals surface area contributed by atoms with Crippen LogP contribution in [0.4, 0.5) is 4.79 Å². The van der Waals surface area contributed by atoms with Crippen molar-refractivity contribution in [1.29, 1.82) is 0 Å². The van der Waals surface area contributed by atoms with Gasteiger partial charge in [0.2, 0.25) is 0 Å². The minimum absolute atomic E-state index is 0.441. The number of benzene rings is 3. The molecular formula is C27H28N2O2. The molecule has 0 saturated heterocycles. The Kier molecular flexibility index (Phi) is 6.17. The Morgan fingerprint density at radius 1 is 0.839 bits per heavy atom. The van der Waals surface area contributed by atoms with Gasteiger partial charge in [0.05, 0.1) is 18.1 Å². The van der Waals surface area contributed by atoms with E-state index in [0.717, 1.165) is 59.0 Å². The molecular weight excluding hydrogens is 384 g/mol. The lowest BCUT2D eigenvalue weighted by Crippen LogP contribution is -2.09. The van der Waals surface area contributed by atoms with Gasteiger partial charge in [-0.2, -0.15) is 0 Å². The van der Waals surface area contributed by atoms with Crippen LogP contribution in [0.15, 0.2) is 67.0 Å². The van der Waals surface area contributed by atoms with Gasteiger partial charge in [0.25, 0.3) is 0 Å². The highest BCUT2D eigenvalue weighted by Gasteiger charge is 2.16. The number of hydrogen-bond donors (Lipinski definition) is 0. The molecule has 0 amide bonds. The van der Waals surface area contributed by atoms with E-state index in [9.17, 15) is 4.79 Å². The first-order chi connectivity index (χ1) is 15.1. The molecule has 1 heterocycles. The summed E-state index contributed by atoms with van der Waals surface area (Å²) >= 11 is 0. The maximum absolute atomic E-state index is 12.2. The molecule has 4 heteroatoms. The van der Waals surface area contributed by atoms with Crippen LogP contribution in [0.2, 0.25) is 0 Å². The lowest BCUT2D eigenvalue weighted by molar-refractivity contribution is 0.174. The van der Waals surface area contributed by atoms with E-state index in [-0.39, 0.29) is 0 Å². The molecule has 0 unspecified atom stereocenters. The molecule has 0 atom stereocenters. The molecule has 4 nitrogen and oxygen atoms in total. The van der Waals surface area contributed by atoms with Crippen molar-refractivity contribution in [3.05, 3.63) is 78.1 Å². The quantitative estimate of drug-likeness (QED) is 0.346. The summed E-state index contributed by atoms with van der Waals surface area (Å²) in [7, 11) is 1.38. The molecule has 0 bridgehead atoms.